The van der Waals surface area contributed by atoms with Gasteiger partial charge in [-0.15, -0.1) is 11.6 Å². The lowest BCUT2D eigenvalue weighted by molar-refractivity contribution is -0.120. The lowest BCUT2D eigenvalue weighted by Gasteiger charge is -2.28. The highest BCUT2D eigenvalue weighted by molar-refractivity contribution is 7.99. The fourth-order valence-corrected chi connectivity index (χ4v) is 3.83. The number of amides is 1. The van der Waals surface area contributed by atoms with Gasteiger partial charge in [-0.1, -0.05) is 18.7 Å². The Balaban J connectivity index is 1.83. The molecule has 0 aliphatic carbocycles. The summed E-state index contributed by atoms with van der Waals surface area (Å²) in [6, 6.07) is 0. The Kier molecular flexibility index (Phi) is 6.96. The van der Waals surface area contributed by atoms with Crippen molar-refractivity contribution in [3.63, 3.8) is 0 Å². The number of carbonyl (C=O) groups excluding carboxylic acids is 1. The highest BCUT2D eigenvalue weighted by atomic mass is 35.5. The number of alkyl halides is 1. The van der Waals surface area contributed by atoms with E-state index in [1.807, 2.05) is 10.9 Å². The van der Waals surface area contributed by atoms with Crippen molar-refractivity contribution >= 4 is 46.1 Å². The third kappa shape index (κ3) is 4.59. The number of hydrogen-bond donors (Lipinski definition) is 1. The Morgan fingerprint density at radius 1 is 1.31 bits per heavy atom. The highest BCUT2D eigenvalue weighted by Gasteiger charge is 2.19. The van der Waals surface area contributed by atoms with E-state index in [4.69, 9.17) is 21.6 Å². The fraction of sp³-hybridized carbons (Fsp3) is 0.647. The summed E-state index contributed by atoms with van der Waals surface area (Å²) in [7, 11) is 0. The molecule has 7 nitrogen and oxygen atoms in total. The number of aromatic nitrogens is 4. The van der Waals surface area contributed by atoms with E-state index in [0.29, 0.717) is 25.4 Å². The number of nitrogens with zero attached hydrogens (tertiary/aromatic N) is 5. The van der Waals surface area contributed by atoms with E-state index in [1.54, 1.807) is 11.8 Å². The zero-order valence-corrected chi connectivity index (χ0v) is 16.7. The van der Waals surface area contributed by atoms with Crippen molar-refractivity contribution in [2.75, 3.05) is 36.2 Å². The summed E-state index contributed by atoms with van der Waals surface area (Å²) in [6.45, 7) is 5.24. The molecule has 1 aliphatic rings. The van der Waals surface area contributed by atoms with Crippen LogP contribution in [0.1, 0.15) is 32.6 Å². The molecular formula is C17H25ClN6OS. The van der Waals surface area contributed by atoms with Crippen molar-refractivity contribution in [3.8, 4) is 0 Å². The standard InChI is InChI=1S/C17H25ClN6OS/c1-2-26-17-21-15(23-9-4-3-5-10-23)13-12-20-24(16(13)22-17)11-8-19-14(25)6-7-18/h12H,2-11H2,1H3,(H,19,25). The molecule has 142 valence electrons. The minimum Gasteiger partial charge on any atom is -0.356 e. The molecule has 9 heteroatoms. The van der Waals surface area contributed by atoms with Crippen LogP contribution in [0.3, 0.4) is 0 Å². The second-order valence-corrected chi connectivity index (χ2v) is 7.81. The molecule has 0 unspecified atom stereocenters. The van der Waals surface area contributed by atoms with Crippen molar-refractivity contribution in [1.82, 2.24) is 25.1 Å². The number of nitrogens with one attached hydrogen (secondary N) is 1. The van der Waals surface area contributed by atoms with E-state index < -0.39 is 0 Å². The van der Waals surface area contributed by atoms with Gasteiger partial charge in [-0.25, -0.2) is 14.6 Å². The predicted octanol–water partition coefficient (Wildman–Crippen LogP) is 2.67. The van der Waals surface area contributed by atoms with Gasteiger partial charge in [0.05, 0.1) is 18.1 Å². The van der Waals surface area contributed by atoms with E-state index in [2.05, 4.69) is 22.2 Å². The Bertz CT molecular complexity index is 746. The molecule has 1 N–H and O–H groups in total. The summed E-state index contributed by atoms with van der Waals surface area (Å²) in [5.41, 5.74) is 0.836. The number of fused-ring (bicyclic) bond motifs is 1. The first-order valence-electron chi connectivity index (χ1n) is 9.17. The highest BCUT2D eigenvalue weighted by Crippen LogP contribution is 2.29. The van der Waals surface area contributed by atoms with Crippen molar-refractivity contribution in [3.05, 3.63) is 6.20 Å². The summed E-state index contributed by atoms with van der Waals surface area (Å²) in [5, 5.41) is 9.13. The molecule has 1 fully saturated rings. The molecule has 2 aromatic heterocycles. The molecule has 0 aromatic carbocycles. The van der Waals surface area contributed by atoms with Crippen molar-refractivity contribution in [2.24, 2.45) is 0 Å². The SMILES string of the molecule is CCSc1nc(N2CCCCC2)c2cnn(CCNC(=O)CCCl)c2n1. The van der Waals surface area contributed by atoms with Gasteiger partial charge in [0.25, 0.3) is 0 Å². The average Bonchev–Trinajstić information content (AvgIpc) is 3.05. The van der Waals surface area contributed by atoms with E-state index in [1.165, 1.54) is 19.3 Å². The number of carbonyl (C=O) groups is 1. The molecule has 0 spiro atoms. The zero-order valence-electron chi connectivity index (χ0n) is 15.1. The Hall–Kier alpha value is -1.54. The predicted molar refractivity (Wildman–Crippen MR) is 106 cm³/mol. The molecule has 2 aromatic rings. The van der Waals surface area contributed by atoms with E-state index in [-0.39, 0.29) is 5.91 Å². The van der Waals surface area contributed by atoms with Gasteiger partial charge in [0, 0.05) is 31.9 Å². The fourth-order valence-electron chi connectivity index (χ4n) is 3.10. The van der Waals surface area contributed by atoms with Crippen LogP contribution in [0.2, 0.25) is 0 Å². The van der Waals surface area contributed by atoms with Crippen LogP contribution in [0.5, 0.6) is 0 Å². The second kappa shape index (κ2) is 9.41. The van der Waals surface area contributed by atoms with Gasteiger partial charge in [-0.05, 0) is 25.0 Å². The van der Waals surface area contributed by atoms with Gasteiger partial charge in [0.2, 0.25) is 5.91 Å². The van der Waals surface area contributed by atoms with Crippen LogP contribution in [0, 0.1) is 0 Å². The number of halogens is 1. The maximum atomic E-state index is 11.6. The molecule has 3 rings (SSSR count). The van der Waals surface area contributed by atoms with E-state index in [0.717, 1.165) is 40.9 Å². The Morgan fingerprint density at radius 3 is 2.85 bits per heavy atom. The lowest BCUT2D eigenvalue weighted by Crippen LogP contribution is -2.30. The molecule has 0 radical (unpaired) electrons. The quantitative estimate of drug-likeness (QED) is 0.420. The summed E-state index contributed by atoms with van der Waals surface area (Å²) >= 11 is 7.23. The van der Waals surface area contributed by atoms with Crippen LogP contribution in [0.4, 0.5) is 5.82 Å². The summed E-state index contributed by atoms with van der Waals surface area (Å²) < 4.78 is 1.85. The van der Waals surface area contributed by atoms with Crippen molar-refractivity contribution in [2.45, 2.75) is 44.3 Å². The van der Waals surface area contributed by atoms with Gasteiger partial charge in [0.1, 0.15) is 5.82 Å². The van der Waals surface area contributed by atoms with Crippen LogP contribution in [0.15, 0.2) is 11.4 Å². The van der Waals surface area contributed by atoms with Gasteiger partial charge in [-0.3, -0.25) is 4.79 Å². The van der Waals surface area contributed by atoms with E-state index >= 15 is 0 Å². The molecule has 0 bridgehead atoms. The van der Waals surface area contributed by atoms with Crippen LogP contribution >= 0.6 is 23.4 Å². The van der Waals surface area contributed by atoms with Crippen LogP contribution in [-0.4, -0.2) is 56.9 Å². The van der Waals surface area contributed by atoms with Crippen LogP contribution in [-0.2, 0) is 11.3 Å². The third-order valence-corrected chi connectivity index (χ3v) is 5.27. The Morgan fingerprint density at radius 2 is 2.12 bits per heavy atom. The zero-order chi connectivity index (χ0) is 18.4. The number of rotatable bonds is 8. The molecule has 1 amide bonds. The van der Waals surface area contributed by atoms with Gasteiger partial charge in [-0.2, -0.15) is 5.10 Å². The van der Waals surface area contributed by atoms with Crippen LogP contribution < -0.4 is 10.2 Å². The molecular weight excluding hydrogens is 372 g/mol. The van der Waals surface area contributed by atoms with Gasteiger partial charge >= 0.3 is 0 Å². The molecule has 0 saturated carbocycles. The summed E-state index contributed by atoms with van der Waals surface area (Å²) in [6.07, 6.45) is 5.85. The van der Waals surface area contributed by atoms with Crippen LogP contribution in [0.25, 0.3) is 11.0 Å². The maximum Gasteiger partial charge on any atom is 0.221 e. The molecule has 0 atom stereocenters. The number of thioether (sulfide) groups is 1. The average molecular weight is 397 g/mol. The molecule has 3 heterocycles. The minimum atomic E-state index is -0.0395. The topological polar surface area (TPSA) is 75.9 Å². The molecule has 1 aliphatic heterocycles. The number of anilines is 1. The first-order chi connectivity index (χ1) is 12.7. The smallest absolute Gasteiger partial charge is 0.221 e. The van der Waals surface area contributed by atoms with Gasteiger partial charge in [0.15, 0.2) is 10.8 Å². The normalized spacial score (nSPS) is 14.8. The summed E-state index contributed by atoms with van der Waals surface area (Å²) in [5.74, 6) is 2.21. The maximum absolute atomic E-state index is 11.6. The van der Waals surface area contributed by atoms with E-state index in [9.17, 15) is 4.79 Å². The number of piperidine rings is 1. The first-order valence-corrected chi connectivity index (χ1v) is 10.7. The lowest BCUT2D eigenvalue weighted by atomic mass is 10.1. The largest absolute Gasteiger partial charge is 0.356 e. The molecule has 1 saturated heterocycles. The van der Waals surface area contributed by atoms with Crippen molar-refractivity contribution < 1.29 is 4.79 Å². The second-order valence-electron chi connectivity index (χ2n) is 6.20. The Labute approximate surface area is 162 Å². The van der Waals surface area contributed by atoms with Crippen molar-refractivity contribution in [1.29, 1.82) is 0 Å². The first kappa shape index (κ1) is 19.2. The monoisotopic (exact) mass is 396 g/mol. The van der Waals surface area contributed by atoms with Gasteiger partial charge < -0.3 is 10.2 Å². The number of hydrogen-bond acceptors (Lipinski definition) is 6. The molecule has 26 heavy (non-hydrogen) atoms. The minimum absolute atomic E-state index is 0.0395. The summed E-state index contributed by atoms with van der Waals surface area (Å²) in [4.78, 5) is 23.4. The third-order valence-electron chi connectivity index (χ3n) is 4.35.